The molecule has 2 rings (SSSR count). The molecule has 5 heteroatoms. The van der Waals surface area contributed by atoms with Crippen LogP contribution in [0.15, 0.2) is 0 Å². The highest BCUT2D eigenvalue weighted by Crippen LogP contribution is 2.30. The molecular formula is C11H24Cl2N2O. The minimum atomic E-state index is 0. The molecule has 0 aromatic heterocycles. The summed E-state index contributed by atoms with van der Waals surface area (Å²) in [6.45, 7) is 3.91. The van der Waals surface area contributed by atoms with Gasteiger partial charge < -0.3 is 15.8 Å². The van der Waals surface area contributed by atoms with E-state index in [-0.39, 0.29) is 30.9 Å². The fraction of sp³-hybridized carbons (Fsp3) is 1.00. The third kappa shape index (κ3) is 4.04. The number of nitrogens with two attached hydrogens (primary N) is 1. The van der Waals surface area contributed by atoms with Crippen LogP contribution in [0.5, 0.6) is 0 Å². The van der Waals surface area contributed by atoms with Crippen molar-refractivity contribution in [2.45, 2.75) is 56.7 Å². The molecule has 1 heterocycles. The van der Waals surface area contributed by atoms with Crippen molar-refractivity contribution >= 4 is 24.8 Å². The molecule has 98 valence electrons. The predicted octanol–water partition coefficient (Wildman–Crippen LogP) is 1.87. The van der Waals surface area contributed by atoms with Crippen LogP contribution in [0.3, 0.4) is 0 Å². The van der Waals surface area contributed by atoms with Crippen molar-refractivity contribution < 1.29 is 4.74 Å². The molecule has 2 atom stereocenters. The summed E-state index contributed by atoms with van der Waals surface area (Å²) in [5.74, 6) is 0. The van der Waals surface area contributed by atoms with Crippen molar-refractivity contribution in [2.24, 2.45) is 5.73 Å². The van der Waals surface area contributed by atoms with E-state index < -0.39 is 0 Å². The zero-order valence-corrected chi connectivity index (χ0v) is 11.5. The summed E-state index contributed by atoms with van der Waals surface area (Å²) < 4.78 is 5.34. The van der Waals surface area contributed by atoms with E-state index in [1.165, 1.54) is 25.7 Å². The van der Waals surface area contributed by atoms with Gasteiger partial charge >= 0.3 is 0 Å². The summed E-state index contributed by atoms with van der Waals surface area (Å²) in [6, 6.07) is 0.646. The Hall–Kier alpha value is 0.460. The van der Waals surface area contributed by atoms with Crippen LogP contribution < -0.4 is 11.1 Å². The average Bonchev–Trinajstić information content (AvgIpc) is 2.57. The fourth-order valence-corrected chi connectivity index (χ4v) is 2.69. The van der Waals surface area contributed by atoms with Gasteiger partial charge in [-0.25, -0.2) is 0 Å². The van der Waals surface area contributed by atoms with Gasteiger partial charge in [-0.2, -0.15) is 0 Å². The molecule has 16 heavy (non-hydrogen) atoms. The van der Waals surface area contributed by atoms with E-state index >= 15 is 0 Å². The van der Waals surface area contributed by atoms with E-state index in [0.29, 0.717) is 18.2 Å². The summed E-state index contributed by atoms with van der Waals surface area (Å²) in [5.41, 5.74) is 6.38. The lowest BCUT2D eigenvalue weighted by atomic mass is 9.95. The smallest absolute Gasteiger partial charge is 0.0632 e. The Labute approximate surface area is 111 Å². The molecule has 0 bridgehead atoms. The number of halogens is 2. The van der Waals surface area contributed by atoms with Crippen LogP contribution in [-0.2, 0) is 4.74 Å². The number of nitrogens with one attached hydrogen (secondary N) is 1. The van der Waals surface area contributed by atoms with Gasteiger partial charge in [0.1, 0.15) is 0 Å². The lowest BCUT2D eigenvalue weighted by Crippen LogP contribution is -2.57. The second kappa shape index (κ2) is 7.02. The lowest BCUT2D eigenvalue weighted by molar-refractivity contribution is 0.0531. The molecule has 0 amide bonds. The maximum Gasteiger partial charge on any atom is 0.0632 e. The Bertz CT molecular complexity index is 198. The van der Waals surface area contributed by atoms with Gasteiger partial charge in [0.25, 0.3) is 0 Å². The number of hydrogen-bond donors (Lipinski definition) is 2. The van der Waals surface area contributed by atoms with Crippen LogP contribution in [0.2, 0.25) is 0 Å². The average molecular weight is 271 g/mol. The minimum Gasteiger partial charge on any atom is -0.380 e. The van der Waals surface area contributed by atoms with E-state index in [1.807, 2.05) is 0 Å². The van der Waals surface area contributed by atoms with Gasteiger partial charge in [0.15, 0.2) is 0 Å². The molecule has 1 saturated heterocycles. The van der Waals surface area contributed by atoms with Crippen molar-refractivity contribution in [1.82, 2.24) is 5.32 Å². The van der Waals surface area contributed by atoms with E-state index in [0.717, 1.165) is 13.0 Å². The molecule has 1 aliphatic carbocycles. The minimum absolute atomic E-state index is 0. The molecule has 0 spiro atoms. The third-order valence-electron chi connectivity index (χ3n) is 3.64. The summed E-state index contributed by atoms with van der Waals surface area (Å²) in [4.78, 5) is 0. The number of hydrogen-bond acceptors (Lipinski definition) is 3. The molecule has 1 aliphatic heterocycles. The molecule has 1 saturated carbocycles. The second-order valence-electron chi connectivity index (χ2n) is 5.05. The van der Waals surface area contributed by atoms with Crippen molar-refractivity contribution in [3.05, 3.63) is 0 Å². The highest BCUT2D eigenvalue weighted by Gasteiger charge is 2.33. The van der Waals surface area contributed by atoms with Crippen LogP contribution in [0.25, 0.3) is 0 Å². The van der Waals surface area contributed by atoms with Gasteiger partial charge in [0, 0.05) is 24.2 Å². The monoisotopic (exact) mass is 270 g/mol. The standard InChI is InChI=1S/C11H22N2O.2ClH/c1-11(5-2-3-6-11)13-10-4-7-14-8-9(10)12;;/h9-10,13H,2-8,12H2,1H3;2*1H. The molecule has 3 nitrogen and oxygen atoms in total. The first-order valence-electron chi connectivity index (χ1n) is 5.81. The first-order chi connectivity index (χ1) is 6.70. The van der Waals surface area contributed by atoms with Gasteiger partial charge in [-0.3, -0.25) is 0 Å². The Morgan fingerprint density at radius 1 is 1.25 bits per heavy atom. The highest BCUT2D eigenvalue weighted by atomic mass is 35.5. The quantitative estimate of drug-likeness (QED) is 0.806. The zero-order valence-electron chi connectivity index (χ0n) is 9.91. The lowest BCUT2D eigenvalue weighted by Gasteiger charge is -2.37. The van der Waals surface area contributed by atoms with Gasteiger partial charge in [0.2, 0.25) is 0 Å². The maximum absolute atomic E-state index is 6.03. The van der Waals surface area contributed by atoms with Gasteiger partial charge in [-0.15, -0.1) is 24.8 Å². The molecule has 2 aliphatic rings. The fourth-order valence-electron chi connectivity index (χ4n) is 2.69. The van der Waals surface area contributed by atoms with Crippen LogP contribution in [-0.4, -0.2) is 30.8 Å². The van der Waals surface area contributed by atoms with Crippen molar-refractivity contribution in [1.29, 1.82) is 0 Å². The van der Waals surface area contributed by atoms with Crippen LogP contribution >= 0.6 is 24.8 Å². The molecule has 2 fully saturated rings. The second-order valence-corrected chi connectivity index (χ2v) is 5.05. The summed E-state index contributed by atoms with van der Waals surface area (Å²) in [6.07, 6.45) is 6.40. The topological polar surface area (TPSA) is 47.3 Å². The molecule has 2 unspecified atom stereocenters. The van der Waals surface area contributed by atoms with Crippen molar-refractivity contribution in [3.63, 3.8) is 0 Å². The number of ether oxygens (including phenoxy) is 1. The van der Waals surface area contributed by atoms with E-state index in [9.17, 15) is 0 Å². The summed E-state index contributed by atoms with van der Waals surface area (Å²) in [7, 11) is 0. The Balaban J connectivity index is 0.00000112. The predicted molar refractivity (Wildman–Crippen MR) is 71.7 cm³/mol. The largest absolute Gasteiger partial charge is 0.380 e. The van der Waals surface area contributed by atoms with Crippen molar-refractivity contribution in [3.8, 4) is 0 Å². The zero-order chi connectivity index (χ0) is 10.0. The highest BCUT2D eigenvalue weighted by molar-refractivity contribution is 5.85. The number of rotatable bonds is 2. The van der Waals surface area contributed by atoms with Gasteiger partial charge in [-0.1, -0.05) is 12.8 Å². The van der Waals surface area contributed by atoms with E-state index in [2.05, 4.69) is 12.2 Å². The van der Waals surface area contributed by atoms with Crippen LogP contribution in [0.1, 0.15) is 39.0 Å². The van der Waals surface area contributed by atoms with Crippen molar-refractivity contribution in [2.75, 3.05) is 13.2 Å². The molecule has 0 radical (unpaired) electrons. The molecule has 0 aromatic carbocycles. The summed E-state index contributed by atoms with van der Waals surface area (Å²) in [5, 5.41) is 3.74. The Morgan fingerprint density at radius 3 is 2.44 bits per heavy atom. The Morgan fingerprint density at radius 2 is 1.88 bits per heavy atom. The molecular weight excluding hydrogens is 247 g/mol. The van der Waals surface area contributed by atoms with E-state index in [1.54, 1.807) is 0 Å². The SMILES string of the molecule is CC1(NC2CCOCC2N)CCCC1.Cl.Cl. The third-order valence-corrected chi connectivity index (χ3v) is 3.64. The first kappa shape index (κ1) is 16.5. The first-order valence-corrected chi connectivity index (χ1v) is 5.81. The Kier molecular flexibility index (Phi) is 7.22. The molecule has 3 N–H and O–H groups in total. The molecule has 0 aromatic rings. The van der Waals surface area contributed by atoms with Crippen LogP contribution in [0, 0.1) is 0 Å². The maximum atomic E-state index is 6.03. The normalized spacial score (nSPS) is 32.6. The van der Waals surface area contributed by atoms with Gasteiger partial charge in [0.05, 0.1) is 6.61 Å². The van der Waals surface area contributed by atoms with Crippen LogP contribution in [0.4, 0.5) is 0 Å². The van der Waals surface area contributed by atoms with Gasteiger partial charge in [-0.05, 0) is 26.2 Å². The summed E-state index contributed by atoms with van der Waals surface area (Å²) >= 11 is 0. The van der Waals surface area contributed by atoms with E-state index in [4.69, 9.17) is 10.5 Å².